The van der Waals surface area contributed by atoms with Gasteiger partial charge in [0.1, 0.15) is 10.8 Å². The second-order valence-corrected chi connectivity index (χ2v) is 8.74. The molecule has 1 aliphatic carbocycles. The van der Waals surface area contributed by atoms with Crippen LogP contribution in [0.5, 0.6) is 0 Å². The molecule has 7 heteroatoms. The fourth-order valence-corrected chi connectivity index (χ4v) is 5.34. The third kappa shape index (κ3) is 2.36. The topological polar surface area (TPSA) is 68.0 Å². The lowest BCUT2D eigenvalue weighted by molar-refractivity contribution is 0.389. The van der Waals surface area contributed by atoms with Crippen LogP contribution in [0.1, 0.15) is 34.2 Å². The molecule has 0 atom stereocenters. The van der Waals surface area contributed by atoms with Gasteiger partial charge in [-0.25, -0.2) is 4.98 Å². The van der Waals surface area contributed by atoms with Crippen LogP contribution in [0.25, 0.3) is 16.5 Å². The Kier molecular flexibility index (Phi) is 3.50. The number of allylic oxidation sites excluding steroid dienone is 1. The first-order valence-electron chi connectivity index (χ1n) is 8.23. The van der Waals surface area contributed by atoms with E-state index in [1.165, 1.54) is 17.7 Å². The highest BCUT2D eigenvalue weighted by Crippen LogP contribution is 2.37. The van der Waals surface area contributed by atoms with E-state index in [-0.39, 0.29) is 11.3 Å². The second-order valence-electron chi connectivity index (χ2n) is 6.41. The van der Waals surface area contributed by atoms with E-state index in [1.54, 1.807) is 11.3 Å². The summed E-state index contributed by atoms with van der Waals surface area (Å²) in [6.07, 6.45) is 4.41. The third-order valence-electron chi connectivity index (χ3n) is 4.82. The van der Waals surface area contributed by atoms with Crippen molar-refractivity contribution in [1.29, 1.82) is 0 Å². The standard InChI is InChI=1S/C18H14IN3O2S/c19-9-5-6-12-10(7-9)17(24)21-16-15(13(23)8-22(12)16)18-20-11-3-1-2-4-14(11)25-18/h5-7,23H,1-4,8H2. The van der Waals surface area contributed by atoms with Gasteiger partial charge in [-0.3, -0.25) is 4.79 Å². The van der Waals surface area contributed by atoms with Gasteiger partial charge < -0.3 is 9.67 Å². The summed E-state index contributed by atoms with van der Waals surface area (Å²) >= 11 is 3.81. The third-order valence-corrected chi connectivity index (χ3v) is 6.67. The highest BCUT2D eigenvalue weighted by atomic mass is 127. The van der Waals surface area contributed by atoms with Crippen molar-refractivity contribution in [1.82, 2.24) is 14.5 Å². The van der Waals surface area contributed by atoms with Crippen molar-refractivity contribution in [2.45, 2.75) is 32.2 Å². The number of halogens is 1. The molecule has 0 unspecified atom stereocenters. The lowest BCUT2D eigenvalue weighted by Crippen LogP contribution is -2.15. The zero-order valence-corrected chi connectivity index (χ0v) is 16.2. The van der Waals surface area contributed by atoms with Crippen LogP contribution in [0, 0.1) is 3.57 Å². The van der Waals surface area contributed by atoms with Crippen molar-refractivity contribution < 1.29 is 5.11 Å². The van der Waals surface area contributed by atoms with Crippen LogP contribution in [-0.4, -0.2) is 19.6 Å². The highest BCUT2D eigenvalue weighted by molar-refractivity contribution is 14.1. The molecule has 0 spiro atoms. The Balaban J connectivity index is 1.73. The van der Waals surface area contributed by atoms with Gasteiger partial charge in [0.25, 0.3) is 5.56 Å². The molecule has 3 aromatic rings. The molecule has 3 heterocycles. The Bertz CT molecular complexity index is 1110. The molecule has 2 aromatic heterocycles. The first kappa shape index (κ1) is 15.5. The number of rotatable bonds is 1. The monoisotopic (exact) mass is 463 g/mol. The molecule has 25 heavy (non-hydrogen) atoms. The van der Waals surface area contributed by atoms with Crippen LogP contribution >= 0.6 is 33.9 Å². The van der Waals surface area contributed by atoms with E-state index in [9.17, 15) is 9.90 Å². The molecule has 1 aromatic carbocycles. The molecule has 1 aliphatic heterocycles. The van der Waals surface area contributed by atoms with E-state index in [1.807, 2.05) is 22.8 Å². The smallest absolute Gasteiger partial charge is 0.281 e. The van der Waals surface area contributed by atoms with Gasteiger partial charge in [-0.1, -0.05) is 0 Å². The number of thiazole rings is 1. The predicted molar refractivity (Wildman–Crippen MR) is 106 cm³/mol. The van der Waals surface area contributed by atoms with Crippen LogP contribution in [-0.2, 0) is 19.4 Å². The van der Waals surface area contributed by atoms with E-state index in [0.29, 0.717) is 23.3 Å². The van der Waals surface area contributed by atoms with Crippen molar-refractivity contribution in [2.75, 3.05) is 0 Å². The number of benzene rings is 1. The average Bonchev–Trinajstić information content (AvgIpc) is 3.15. The summed E-state index contributed by atoms with van der Waals surface area (Å²) in [7, 11) is 0. The first-order valence-corrected chi connectivity index (χ1v) is 10.1. The maximum atomic E-state index is 12.5. The summed E-state index contributed by atoms with van der Waals surface area (Å²) in [6.45, 7) is 0.333. The SMILES string of the molecule is O=c1nc2n(c3ccc(I)cc13)CC(O)=C2c1nc2c(s1)CCCC2. The zero-order valence-electron chi connectivity index (χ0n) is 13.3. The molecule has 5 rings (SSSR count). The van der Waals surface area contributed by atoms with Gasteiger partial charge in [-0.15, -0.1) is 11.3 Å². The number of aliphatic hydroxyl groups excluding tert-OH is 1. The molecule has 5 nitrogen and oxygen atoms in total. The maximum absolute atomic E-state index is 12.5. The summed E-state index contributed by atoms with van der Waals surface area (Å²) in [5.74, 6) is 0.770. The van der Waals surface area contributed by atoms with Crippen molar-refractivity contribution in [3.8, 4) is 0 Å². The predicted octanol–water partition coefficient (Wildman–Crippen LogP) is 3.67. The Hall–Kier alpha value is -1.74. The van der Waals surface area contributed by atoms with Crippen molar-refractivity contribution in [3.05, 3.63) is 59.3 Å². The van der Waals surface area contributed by atoms with Crippen LogP contribution < -0.4 is 5.56 Å². The van der Waals surface area contributed by atoms with E-state index < -0.39 is 0 Å². The van der Waals surface area contributed by atoms with Crippen molar-refractivity contribution in [3.63, 3.8) is 0 Å². The van der Waals surface area contributed by atoms with Crippen LogP contribution in [0.2, 0.25) is 0 Å². The van der Waals surface area contributed by atoms with Gasteiger partial charge in [0, 0.05) is 8.45 Å². The van der Waals surface area contributed by atoms with Gasteiger partial charge in [-0.2, -0.15) is 4.98 Å². The van der Waals surface area contributed by atoms with Gasteiger partial charge in [0.05, 0.1) is 28.7 Å². The number of aromatic nitrogens is 3. The molecule has 0 radical (unpaired) electrons. The Labute approximate surface area is 161 Å². The number of hydrogen-bond acceptors (Lipinski definition) is 5. The fourth-order valence-electron chi connectivity index (χ4n) is 3.63. The second kappa shape index (κ2) is 5.63. The first-order chi connectivity index (χ1) is 12.1. The Morgan fingerprint density at radius 2 is 2.04 bits per heavy atom. The molecule has 0 saturated carbocycles. The van der Waals surface area contributed by atoms with Crippen LogP contribution in [0.15, 0.2) is 28.8 Å². The van der Waals surface area contributed by atoms with Gasteiger partial charge >= 0.3 is 0 Å². The maximum Gasteiger partial charge on any atom is 0.281 e. The highest BCUT2D eigenvalue weighted by Gasteiger charge is 2.29. The number of aryl methyl sites for hydroxylation is 2. The van der Waals surface area contributed by atoms with Crippen molar-refractivity contribution >= 4 is 50.4 Å². The summed E-state index contributed by atoms with van der Waals surface area (Å²) in [5.41, 5.74) is 2.31. The lowest BCUT2D eigenvalue weighted by Gasteiger charge is -2.09. The van der Waals surface area contributed by atoms with Gasteiger partial charge in [0.2, 0.25) is 0 Å². The van der Waals surface area contributed by atoms with Gasteiger partial charge in [0.15, 0.2) is 5.82 Å². The fraction of sp³-hybridized carbons (Fsp3) is 0.278. The Morgan fingerprint density at radius 3 is 2.88 bits per heavy atom. The molecule has 126 valence electrons. The minimum atomic E-state index is -0.256. The number of hydrogen-bond donors (Lipinski definition) is 1. The number of fused-ring (bicyclic) bond motifs is 4. The largest absolute Gasteiger partial charge is 0.510 e. The van der Waals surface area contributed by atoms with E-state index in [0.717, 1.165) is 32.6 Å². The zero-order chi connectivity index (χ0) is 17.1. The van der Waals surface area contributed by atoms with Crippen LogP contribution in [0.3, 0.4) is 0 Å². The lowest BCUT2D eigenvalue weighted by atomic mass is 10.0. The summed E-state index contributed by atoms with van der Waals surface area (Å²) in [4.78, 5) is 22.9. The molecular formula is C18H14IN3O2S. The minimum absolute atomic E-state index is 0.240. The number of nitrogens with zero attached hydrogens (tertiary/aromatic N) is 3. The summed E-state index contributed by atoms with van der Waals surface area (Å²) in [5, 5.41) is 12.0. The van der Waals surface area contributed by atoms with Gasteiger partial charge in [-0.05, 0) is 66.5 Å². The molecule has 0 amide bonds. The van der Waals surface area contributed by atoms with E-state index in [2.05, 4.69) is 27.6 Å². The number of aliphatic hydroxyl groups is 1. The van der Waals surface area contributed by atoms with Crippen LogP contribution in [0.4, 0.5) is 0 Å². The Morgan fingerprint density at radius 1 is 1.20 bits per heavy atom. The summed E-state index contributed by atoms with van der Waals surface area (Å²) < 4.78 is 2.91. The quantitative estimate of drug-likeness (QED) is 0.560. The normalized spacial score (nSPS) is 16.4. The van der Waals surface area contributed by atoms with Crippen molar-refractivity contribution in [2.24, 2.45) is 0 Å². The molecule has 0 saturated heterocycles. The molecule has 2 aliphatic rings. The molecule has 0 bridgehead atoms. The van der Waals surface area contributed by atoms with E-state index >= 15 is 0 Å². The molecule has 0 fully saturated rings. The molecular weight excluding hydrogens is 449 g/mol. The summed E-state index contributed by atoms with van der Waals surface area (Å²) in [6, 6.07) is 5.73. The average molecular weight is 463 g/mol. The molecule has 1 N–H and O–H groups in total. The van der Waals surface area contributed by atoms with E-state index in [4.69, 9.17) is 4.98 Å². The minimum Gasteiger partial charge on any atom is -0.510 e.